The molecule has 0 radical (unpaired) electrons. The van der Waals surface area contributed by atoms with E-state index in [2.05, 4.69) is 9.94 Å². The summed E-state index contributed by atoms with van der Waals surface area (Å²) in [6.07, 6.45) is -2.24. The van der Waals surface area contributed by atoms with Crippen molar-refractivity contribution in [2.45, 2.75) is 6.18 Å². The van der Waals surface area contributed by atoms with Crippen LogP contribution in [0.4, 0.5) is 13.2 Å². The third kappa shape index (κ3) is 3.02. The molecule has 0 atom stereocenters. The zero-order valence-electron chi connectivity index (χ0n) is 6.25. The highest BCUT2D eigenvalue weighted by Crippen LogP contribution is 2.12. The van der Waals surface area contributed by atoms with Crippen LogP contribution in [-0.4, -0.2) is 22.7 Å². The molecule has 0 unspecified atom stereocenters. The second-order valence-electron chi connectivity index (χ2n) is 2.13. The minimum Gasteiger partial charge on any atom is -0.387 e. The third-order valence-electron chi connectivity index (χ3n) is 1.05. The molecule has 1 aromatic heterocycles. The molecule has 0 amide bonds. The topological polar surface area (TPSA) is 50.8 Å². The summed E-state index contributed by atoms with van der Waals surface area (Å²) in [4.78, 5) is 4.79. The van der Waals surface area contributed by atoms with Crippen LogP contribution in [0.15, 0.2) is 12.4 Å². The molecular weight excluding hydrogens is 187 g/mol. The molecule has 0 aliphatic carbocycles. The Balaban J connectivity index is 2.52. The van der Waals surface area contributed by atoms with Crippen molar-refractivity contribution in [2.24, 2.45) is 0 Å². The maximum absolute atomic E-state index is 11.6. The van der Waals surface area contributed by atoms with Crippen molar-refractivity contribution in [3.63, 3.8) is 0 Å². The Labute approximate surface area is 71.1 Å². The maximum Gasteiger partial charge on any atom is 0.425 e. The first-order valence-corrected chi connectivity index (χ1v) is 3.16. The van der Waals surface area contributed by atoms with Crippen LogP contribution in [0.2, 0.25) is 0 Å². The van der Waals surface area contributed by atoms with Gasteiger partial charge in [0.05, 0.1) is 18.0 Å². The average molecular weight is 191 g/mol. The van der Waals surface area contributed by atoms with Gasteiger partial charge in [-0.05, 0) is 0 Å². The number of hydrogen-bond donors (Lipinski definition) is 0. The smallest absolute Gasteiger partial charge is 0.387 e. The Morgan fingerprint density at radius 1 is 1.62 bits per heavy atom. The quantitative estimate of drug-likeness (QED) is 0.692. The normalized spacial score (nSPS) is 10.9. The fraction of sp³-hybridized carbons (Fsp3) is 0.333. The zero-order valence-corrected chi connectivity index (χ0v) is 6.25. The van der Waals surface area contributed by atoms with Gasteiger partial charge in [0.1, 0.15) is 6.07 Å². The Morgan fingerprint density at radius 3 is 2.77 bits per heavy atom. The molecule has 13 heavy (non-hydrogen) atoms. The summed E-state index contributed by atoms with van der Waals surface area (Å²) in [6.45, 7) is -1.43. The lowest BCUT2D eigenvalue weighted by Crippen LogP contribution is -2.25. The van der Waals surface area contributed by atoms with Gasteiger partial charge in [-0.2, -0.15) is 18.4 Å². The molecule has 7 heteroatoms. The van der Waals surface area contributed by atoms with Crippen LogP contribution in [0.1, 0.15) is 5.56 Å². The lowest BCUT2D eigenvalue weighted by molar-refractivity contribution is -0.178. The van der Waals surface area contributed by atoms with Crippen molar-refractivity contribution in [3.8, 4) is 6.07 Å². The molecule has 4 nitrogen and oxygen atoms in total. The van der Waals surface area contributed by atoms with Crippen molar-refractivity contribution < 1.29 is 18.0 Å². The molecule has 0 fully saturated rings. The van der Waals surface area contributed by atoms with E-state index in [1.807, 2.05) is 0 Å². The fourth-order valence-corrected chi connectivity index (χ4v) is 0.572. The molecule has 70 valence electrons. The number of halogens is 3. The number of nitrogens with zero attached hydrogens (tertiary/aromatic N) is 3. The standard InChI is InChI=1S/C6H4F3N3O/c7-6(8,9)4-13-12-3-5(1-10)2-11-12/h2-3H,4H2. The number of aromatic nitrogens is 2. The number of nitriles is 1. The second-order valence-corrected chi connectivity index (χ2v) is 2.13. The largest absolute Gasteiger partial charge is 0.425 e. The van der Waals surface area contributed by atoms with Crippen LogP contribution in [-0.2, 0) is 0 Å². The zero-order chi connectivity index (χ0) is 9.90. The van der Waals surface area contributed by atoms with E-state index >= 15 is 0 Å². The first-order valence-electron chi connectivity index (χ1n) is 3.16. The second kappa shape index (κ2) is 3.35. The molecule has 0 bridgehead atoms. The van der Waals surface area contributed by atoms with Crippen LogP contribution in [0.3, 0.4) is 0 Å². The molecule has 1 aromatic rings. The highest BCUT2D eigenvalue weighted by molar-refractivity contribution is 5.21. The molecule has 0 aliphatic rings. The fourth-order valence-electron chi connectivity index (χ4n) is 0.572. The van der Waals surface area contributed by atoms with E-state index in [0.29, 0.717) is 4.85 Å². The van der Waals surface area contributed by atoms with E-state index < -0.39 is 12.8 Å². The van der Waals surface area contributed by atoms with Crippen LogP contribution >= 0.6 is 0 Å². The summed E-state index contributed by atoms with van der Waals surface area (Å²) < 4.78 is 34.8. The summed E-state index contributed by atoms with van der Waals surface area (Å²) in [5, 5.41) is 11.7. The van der Waals surface area contributed by atoms with Gasteiger partial charge in [0.15, 0.2) is 0 Å². The van der Waals surface area contributed by atoms with Crippen molar-refractivity contribution in [1.82, 2.24) is 9.94 Å². The lowest BCUT2D eigenvalue weighted by atomic mass is 10.4. The molecule has 0 aromatic carbocycles. The molecule has 0 saturated carbocycles. The van der Waals surface area contributed by atoms with Crippen molar-refractivity contribution >= 4 is 0 Å². The van der Waals surface area contributed by atoms with Crippen molar-refractivity contribution in [2.75, 3.05) is 6.61 Å². The lowest BCUT2D eigenvalue weighted by Gasteiger charge is -2.06. The van der Waals surface area contributed by atoms with E-state index in [0.717, 1.165) is 12.4 Å². The molecule has 0 spiro atoms. The average Bonchev–Trinajstić information content (AvgIpc) is 2.47. The molecule has 0 aliphatic heterocycles. The number of rotatable bonds is 2. The van der Waals surface area contributed by atoms with Gasteiger partial charge in [0.2, 0.25) is 6.61 Å². The molecule has 0 saturated heterocycles. The summed E-state index contributed by atoms with van der Waals surface area (Å²) >= 11 is 0. The van der Waals surface area contributed by atoms with E-state index in [1.165, 1.54) is 0 Å². The molecule has 0 N–H and O–H groups in total. The van der Waals surface area contributed by atoms with E-state index in [1.54, 1.807) is 6.07 Å². The SMILES string of the molecule is N#Cc1cnn(OCC(F)(F)F)c1. The van der Waals surface area contributed by atoms with E-state index in [9.17, 15) is 13.2 Å². The van der Waals surface area contributed by atoms with Crippen LogP contribution in [0.5, 0.6) is 0 Å². The van der Waals surface area contributed by atoms with Crippen LogP contribution < -0.4 is 4.84 Å². The summed E-state index contributed by atoms with van der Waals surface area (Å²) in [6, 6.07) is 1.70. The predicted octanol–water partition coefficient (Wildman–Crippen LogP) is 0.746. The predicted molar refractivity (Wildman–Crippen MR) is 34.4 cm³/mol. The van der Waals surface area contributed by atoms with Crippen LogP contribution in [0.25, 0.3) is 0 Å². The van der Waals surface area contributed by atoms with Gasteiger partial charge < -0.3 is 4.84 Å². The highest BCUT2D eigenvalue weighted by Gasteiger charge is 2.29. The van der Waals surface area contributed by atoms with E-state index in [4.69, 9.17) is 5.26 Å². The Morgan fingerprint density at radius 2 is 2.31 bits per heavy atom. The summed E-state index contributed by atoms with van der Waals surface area (Å²) in [7, 11) is 0. The maximum atomic E-state index is 11.6. The highest BCUT2D eigenvalue weighted by atomic mass is 19.4. The van der Waals surface area contributed by atoms with E-state index in [-0.39, 0.29) is 5.56 Å². The Bertz CT molecular complexity index is 325. The Kier molecular flexibility index (Phi) is 2.41. The van der Waals surface area contributed by atoms with Gasteiger partial charge in [-0.1, -0.05) is 0 Å². The number of hydrogen-bond acceptors (Lipinski definition) is 3. The molecule has 1 heterocycles. The monoisotopic (exact) mass is 191 g/mol. The third-order valence-corrected chi connectivity index (χ3v) is 1.05. The number of alkyl halides is 3. The van der Waals surface area contributed by atoms with Crippen molar-refractivity contribution in [1.29, 1.82) is 5.26 Å². The first-order chi connectivity index (χ1) is 6.01. The van der Waals surface area contributed by atoms with Gasteiger partial charge in [0, 0.05) is 0 Å². The minimum atomic E-state index is -4.40. The van der Waals surface area contributed by atoms with Crippen molar-refractivity contribution in [3.05, 3.63) is 18.0 Å². The summed E-state index contributed by atoms with van der Waals surface area (Å²) in [5.74, 6) is 0. The Hall–Kier alpha value is -1.71. The summed E-state index contributed by atoms with van der Waals surface area (Å²) in [5.41, 5.74) is 0.141. The van der Waals surface area contributed by atoms with Gasteiger partial charge in [-0.25, -0.2) is 0 Å². The minimum absolute atomic E-state index is 0.141. The molecule has 1 rings (SSSR count). The van der Waals surface area contributed by atoms with Gasteiger partial charge in [-0.3, -0.25) is 0 Å². The first kappa shape index (κ1) is 9.38. The van der Waals surface area contributed by atoms with Gasteiger partial charge >= 0.3 is 6.18 Å². The van der Waals surface area contributed by atoms with Gasteiger partial charge in [-0.15, -0.1) is 9.94 Å². The van der Waals surface area contributed by atoms with Crippen LogP contribution in [0, 0.1) is 11.3 Å². The van der Waals surface area contributed by atoms with Gasteiger partial charge in [0.25, 0.3) is 0 Å². The molecular formula is C6H4F3N3O.